The molecule has 1 heterocycles. The first-order valence-electron chi connectivity index (χ1n) is 10.4. The largest absolute Gasteiger partial charge is 0.493 e. The number of aryl methyl sites for hydroxylation is 2. The van der Waals surface area contributed by atoms with Crippen LogP contribution in [0.15, 0.2) is 54.6 Å². The van der Waals surface area contributed by atoms with E-state index in [4.69, 9.17) is 9.47 Å². The number of hydrogen-bond acceptors (Lipinski definition) is 5. The molecule has 162 valence electrons. The van der Waals surface area contributed by atoms with E-state index in [2.05, 4.69) is 5.32 Å². The van der Waals surface area contributed by atoms with Crippen molar-refractivity contribution in [3.8, 4) is 16.9 Å². The molecule has 6 heteroatoms. The minimum atomic E-state index is -0.427. The molecule has 5 nitrogen and oxygen atoms in total. The molecule has 0 aliphatic carbocycles. The average Bonchev–Trinajstić information content (AvgIpc) is 3.08. The first kappa shape index (κ1) is 22.6. The normalized spacial score (nSPS) is 10.5. The van der Waals surface area contributed by atoms with Crippen LogP contribution in [0.3, 0.4) is 0 Å². The molecule has 0 spiro atoms. The van der Waals surface area contributed by atoms with Crippen molar-refractivity contribution >= 4 is 28.2 Å². The van der Waals surface area contributed by atoms with E-state index in [0.29, 0.717) is 30.0 Å². The number of anilines is 1. The third-order valence-corrected chi connectivity index (χ3v) is 5.80. The highest BCUT2D eigenvalue weighted by Crippen LogP contribution is 2.40. The van der Waals surface area contributed by atoms with Gasteiger partial charge in [-0.05, 0) is 44.4 Å². The van der Waals surface area contributed by atoms with Gasteiger partial charge in [0.1, 0.15) is 16.3 Å². The SMILES string of the molecule is CCOC(=O)c1c(NC(=O)CCCOc2ccccc2C)sc(C)c1-c1ccccc1. The molecule has 1 amide bonds. The van der Waals surface area contributed by atoms with Crippen LogP contribution in [0.5, 0.6) is 5.75 Å². The van der Waals surface area contributed by atoms with E-state index in [0.717, 1.165) is 27.3 Å². The Morgan fingerprint density at radius 3 is 2.42 bits per heavy atom. The van der Waals surface area contributed by atoms with Gasteiger partial charge in [0, 0.05) is 16.9 Å². The minimum absolute atomic E-state index is 0.153. The van der Waals surface area contributed by atoms with Crippen LogP contribution in [-0.2, 0) is 9.53 Å². The van der Waals surface area contributed by atoms with Crippen LogP contribution < -0.4 is 10.1 Å². The van der Waals surface area contributed by atoms with Crippen molar-refractivity contribution in [1.82, 2.24) is 0 Å². The summed E-state index contributed by atoms with van der Waals surface area (Å²) in [5, 5.41) is 3.44. The smallest absolute Gasteiger partial charge is 0.341 e. The lowest BCUT2D eigenvalue weighted by Gasteiger charge is -2.10. The second kappa shape index (κ2) is 10.8. The lowest BCUT2D eigenvalue weighted by Crippen LogP contribution is -2.15. The van der Waals surface area contributed by atoms with Gasteiger partial charge >= 0.3 is 5.97 Å². The first-order valence-corrected chi connectivity index (χ1v) is 11.2. The Labute approximate surface area is 187 Å². The molecule has 0 atom stereocenters. The molecule has 0 fully saturated rings. The first-order chi connectivity index (χ1) is 15.0. The van der Waals surface area contributed by atoms with E-state index < -0.39 is 5.97 Å². The summed E-state index contributed by atoms with van der Waals surface area (Å²) in [6.07, 6.45) is 0.872. The number of carbonyl (C=O) groups is 2. The fourth-order valence-electron chi connectivity index (χ4n) is 3.31. The van der Waals surface area contributed by atoms with Gasteiger partial charge < -0.3 is 14.8 Å². The third kappa shape index (κ3) is 5.73. The molecule has 0 saturated carbocycles. The Balaban J connectivity index is 1.69. The van der Waals surface area contributed by atoms with Gasteiger partial charge in [-0.15, -0.1) is 11.3 Å². The molecule has 0 aliphatic rings. The fraction of sp³-hybridized carbons (Fsp3) is 0.280. The number of hydrogen-bond donors (Lipinski definition) is 1. The van der Waals surface area contributed by atoms with Crippen molar-refractivity contribution in [3.05, 3.63) is 70.6 Å². The molecule has 0 bridgehead atoms. The van der Waals surface area contributed by atoms with E-state index in [1.54, 1.807) is 6.92 Å². The van der Waals surface area contributed by atoms with Crippen LogP contribution in [0.2, 0.25) is 0 Å². The lowest BCUT2D eigenvalue weighted by atomic mass is 10.0. The molecule has 3 rings (SSSR count). The van der Waals surface area contributed by atoms with Crippen LogP contribution in [0.25, 0.3) is 11.1 Å². The summed E-state index contributed by atoms with van der Waals surface area (Å²) in [4.78, 5) is 26.2. The summed E-state index contributed by atoms with van der Waals surface area (Å²) in [5.41, 5.74) is 3.21. The quantitative estimate of drug-likeness (QED) is 0.329. The van der Waals surface area contributed by atoms with E-state index in [1.165, 1.54) is 11.3 Å². The van der Waals surface area contributed by atoms with Crippen molar-refractivity contribution < 1.29 is 19.1 Å². The fourth-order valence-corrected chi connectivity index (χ4v) is 4.39. The molecular weight excluding hydrogens is 410 g/mol. The van der Waals surface area contributed by atoms with Gasteiger partial charge in [-0.2, -0.15) is 0 Å². The van der Waals surface area contributed by atoms with Crippen LogP contribution in [0.4, 0.5) is 5.00 Å². The highest BCUT2D eigenvalue weighted by Gasteiger charge is 2.25. The molecule has 1 aromatic heterocycles. The minimum Gasteiger partial charge on any atom is -0.493 e. The van der Waals surface area contributed by atoms with Crippen LogP contribution in [0.1, 0.15) is 40.6 Å². The number of ether oxygens (including phenoxy) is 2. The maximum atomic E-state index is 12.7. The Kier molecular flexibility index (Phi) is 7.84. The van der Waals surface area contributed by atoms with Crippen molar-refractivity contribution in [2.24, 2.45) is 0 Å². The molecule has 31 heavy (non-hydrogen) atoms. The summed E-state index contributed by atoms with van der Waals surface area (Å²) >= 11 is 1.39. The van der Waals surface area contributed by atoms with Gasteiger partial charge in [0.2, 0.25) is 5.91 Å². The number of rotatable bonds is 9. The maximum Gasteiger partial charge on any atom is 0.341 e. The number of nitrogens with one attached hydrogen (secondary N) is 1. The second-order valence-electron chi connectivity index (χ2n) is 7.09. The Bertz CT molecular complexity index is 1040. The molecular formula is C25H27NO4S. The summed E-state index contributed by atoms with van der Waals surface area (Å²) < 4.78 is 11.0. The summed E-state index contributed by atoms with van der Waals surface area (Å²) in [6, 6.07) is 17.5. The van der Waals surface area contributed by atoms with Crippen molar-refractivity contribution in [1.29, 1.82) is 0 Å². The van der Waals surface area contributed by atoms with Gasteiger partial charge in [-0.25, -0.2) is 4.79 Å². The van der Waals surface area contributed by atoms with Gasteiger partial charge in [0.25, 0.3) is 0 Å². The van der Waals surface area contributed by atoms with E-state index >= 15 is 0 Å². The van der Waals surface area contributed by atoms with Gasteiger partial charge in [0.15, 0.2) is 0 Å². The summed E-state index contributed by atoms with van der Waals surface area (Å²) in [7, 11) is 0. The van der Waals surface area contributed by atoms with Crippen LogP contribution >= 0.6 is 11.3 Å². The van der Waals surface area contributed by atoms with Crippen molar-refractivity contribution in [2.75, 3.05) is 18.5 Å². The Morgan fingerprint density at radius 2 is 1.71 bits per heavy atom. The topological polar surface area (TPSA) is 64.6 Å². The van der Waals surface area contributed by atoms with E-state index in [1.807, 2.05) is 68.4 Å². The predicted molar refractivity (Wildman–Crippen MR) is 125 cm³/mol. The van der Waals surface area contributed by atoms with Crippen LogP contribution in [0, 0.1) is 13.8 Å². The van der Waals surface area contributed by atoms with E-state index in [9.17, 15) is 9.59 Å². The number of esters is 1. The van der Waals surface area contributed by atoms with E-state index in [-0.39, 0.29) is 12.5 Å². The monoisotopic (exact) mass is 437 g/mol. The summed E-state index contributed by atoms with van der Waals surface area (Å²) in [6.45, 7) is 6.42. The van der Waals surface area contributed by atoms with Crippen molar-refractivity contribution in [2.45, 2.75) is 33.6 Å². The zero-order valence-corrected chi connectivity index (χ0v) is 18.9. The number of thiophene rings is 1. The van der Waals surface area contributed by atoms with Gasteiger partial charge in [0.05, 0.1) is 13.2 Å². The van der Waals surface area contributed by atoms with Crippen LogP contribution in [-0.4, -0.2) is 25.1 Å². The molecule has 2 aromatic carbocycles. The Hall–Kier alpha value is -3.12. The molecule has 1 N–H and O–H groups in total. The zero-order valence-electron chi connectivity index (χ0n) is 18.1. The number of carbonyl (C=O) groups excluding carboxylic acids is 2. The molecule has 3 aromatic rings. The molecule has 0 unspecified atom stereocenters. The average molecular weight is 438 g/mol. The standard InChI is InChI=1S/C25H27NO4S/c1-4-29-25(28)23-22(19-12-6-5-7-13-19)18(3)31-24(23)26-21(27)15-10-16-30-20-14-9-8-11-17(20)2/h5-9,11-14H,4,10,15-16H2,1-3H3,(H,26,27). The number of benzene rings is 2. The van der Waals surface area contributed by atoms with Gasteiger partial charge in [-0.3, -0.25) is 4.79 Å². The maximum absolute atomic E-state index is 12.7. The highest BCUT2D eigenvalue weighted by molar-refractivity contribution is 7.17. The number of amides is 1. The highest BCUT2D eigenvalue weighted by atomic mass is 32.1. The van der Waals surface area contributed by atoms with Gasteiger partial charge in [-0.1, -0.05) is 48.5 Å². The molecule has 0 radical (unpaired) electrons. The summed E-state index contributed by atoms with van der Waals surface area (Å²) in [5.74, 6) is 0.248. The molecule has 0 aliphatic heterocycles. The van der Waals surface area contributed by atoms with Crippen molar-refractivity contribution in [3.63, 3.8) is 0 Å². The zero-order chi connectivity index (χ0) is 22.2. The second-order valence-corrected chi connectivity index (χ2v) is 8.31. The third-order valence-electron chi connectivity index (χ3n) is 4.78. The number of para-hydroxylation sites is 1. The lowest BCUT2D eigenvalue weighted by molar-refractivity contribution is -0.116. The predicted octanol–water partition coefficient (Wildman–Crippen LogP) is 6.01. The molecule has 0 saturated heterocycles. The Morgan fingerprint density at radius 1 is 1.00 bits per heavy atom.